The van der Waals surface area contributed by atoms with Gasteiger partial charge in [-0.1, -0.05) is 189 Å². The Labute approximate surface area is 310 Å². The minimum atomic E-state index is 0.618. The standard InChI is InChI=1S/C51H36N2/c1-34(36-23-27-40(28-24-36)38-13-5-3-6-14-38)52-51(53-35(2)37-25-29-41(30-26-37)39-15-7-4-8-16-39)43-18-11-17-42(33-43)44-31-32-49-46-20-10-9-19-45(46)48-22-12-21-47(44)50(48)49/h3-33H,1H2,2H3/b52-51-,53-35+. The van der Waals surface area contributed by atoms with Crippen molar-refractivity contribution in [2.24, 2.45) is 9.98 Å². The Bertz CT molecular complexity index is 2670. The van der Waals surface area contributed by atoms with Crippen molar-refractivity contribution >= 4 is 28.0 Å². The van der Waals surface area contributed by atoms with Crippen LogP contribution in [0, 0.1) is 0 Å². The lowest BCUT2D eigenvalue weighted by Gasteiger charge is -2.12. The molecule has 2 nitrogen and oxygen atoms in total. The Balaban J connectivity index is 1.12. The predicted molar refractivity (Wildman–Crippen MR) is 225 cm³/mol. The molecule has 0 saturated carbocycles. The third-order valence-corrected chi connectivity index (χ3v) is 10.2. The van der Waals surface area contributed by atoms with Gasteiger partial charge >= 0.3 is 0 Å². The first kappa shape index (κ1) is 32.0. The highest BCUT2D eigenvalue weighted by molar-refractivity contribution is 6.19. The lowest BCUT2D eigenvalue weighted by atomic mass is 9.93. The molecule has 0 aromatic heterocycles. The summed E-state index contributed by atoms with van der Waals surface area (Å²) in [6.07, 6.45) is 0. The summed E-state index contributed by atoms with van der Waals surface area (Å²) in [6.45, 7) is 6.48. The van der Waals surface area contributed by atoms with E-state index in [0.717, 1.165) is 33.5 Å². The SMILES string of the molecule is C=C(/N=C(\N=C(/C)c1ccc(-c2ccccc2)cc1)c1cccc(-c2ccc3c4c(cccc24)-c2ccccc2-3)c1)c1ccc(-c2ccccc2)cc1. The Morgan fingerprint density at radius 3 is 1.51 bits per heavy atom. The largest absolute Gasteiger partial charge is 0.233 e. The summed E-state index contributed by atoms with van der Waals surface area (Å²) >= 11 is 0. The van der Waals surface area contributed by atoms with Crippen LogP contribution in [-0.4, -0.2) is 11.5 Å². The van der Waals surface area contributed by atoms with Crippen LogP contribution in [0.2, 0.25) is 0 Å². The molecule has 0 heterocycles. The highest BCUT2D eigenvalue weighted by Crippen LogP contribution is 2.49. The highest BCUT2D eigenvalue weighted by Gasteiger charge is 2.22. The van der Waals surface area contributed by atoms with Crippen LogP contribution in [-0.2, 0) is 0 Å². The quantitative estimate of drug-likeness (QED) is 0.119. The van der Waals surface area contributed by atoms with Gasteiger partial charge in [-0.3, -0.25) is 0 Å². The highest BCUT2D eigenvalue weighted by atomic mass is 14.9. The Morgan fingerprint density at radius 1 is 0.377 bits per heavy atom. The molecule has 250 valence electrons. The lowest BCUT2D eigenvalue weighted by Crippen LogP contribution is -2.04. The Kier molecular flexibility index (Phi) is 8.26. The van der Waals surface area contributed by atoms with Crippen LogP contribution in [0.25, 0.3) is 72.1 Å². The van der Waals surface area contributed by atoms with Crippen LogP contribution < -0.4 is 0 Å². The van der Waals surface area contributed by atoms with Crippen molar-refractivity contribution in [3.8, 4) is 55.6 Å². The molecule has 0 fully saturated rings. The maximum absolute atomic E-state index is 5.22. The second-order valence-electron chi connectivity index (χ2n) is 13.5. The molecule has 1 aliphatic carbocycles. The van der Waals surface area contributed by atoms with Crippen LogP contribution in [0.5, 0.6) is 0 Å². The molecule has 53 heavy (non-hydrogen) atoms. The minimum Gasteiger partial charge on any atom is -0.233 e. The average Bonchev–Trinajstić information content (AvgIpc) is 3.56. The molecule has 0 spiro atoms. The topological polar surface area (TPSA) is 24.7 Å². The lowest BCUT2D eigenvalue weighted by molar-refractivity contribution is 1.44. The van der Waals surface area contributed by atoms with Gasteiger partial charge in [0.15, 0.2) is 5.84 Å². The normalized spacial score (nSPS) is 12.2. The molecule has 0 unspecified atom stereocenters. The van der Waals surface area contributed by atoms with E-state index in [-0.39, 0.29) is 0 Å². The molecule has 0 saturated heterocycles. The van der Waals surface area contributed by atoms with Crippen molar-refractivity contribution < 1.29 is 0 Å². The van der Waals surface area contributed by atoms with Gasteiger partial charge in [-0.05, 0) is 90.5 Å². The van der Waals surface area contributed by atoms with Crippen molar-refractivity contribution in [1.29, 1.82) is 0 Å². The summed E-state index contributed by atoms with van der Waals surface area (Å²) in [7, 11) is 0. The first-order chi connectivity index (χ1) is 26.1. The first-order valence-corrected chi connectivity index (χ1v) is 18.0. The summed E-state index contributed by atoms with van der Waals surface area (Å²) in [5.41, 5.74) is 16.6. The maximum atomic E-state index is 5.22. The monoisotopic (exact) mass is 676 g/mol. The molecule has 0 amide bonds. The molecule has 0 N–H and O–H groups in total. The second-order valence-corrected chi connectivity index (χ2v) is 13.5. The van der Waals surface area contributed by atoms with E-state index in [1.807, 2.05) is 12.1 Å². The number of rotatable bonds is 7. The molecule has 2 heteroatoms. The van der Waals surface area contributed by atoms with E-state index in [9.17, 15) is 0 Å². The van der Waals surface area contributed by atoms with Crippen molar-refractivity contribution in [2.45, 2.75) is 6.92 Å². The maximum Gasteiger partial charge on any atom is 0.160 e. The zero-order valence-corrected chi connectivity index (χ0v) is 29.5. The van der Waals surface area contributed by atoms with Gasteiger partial charge in [0.2, 0.25) is 0 Å². The van der Waals surface area contributed by atoms with Crippen molar-refractivity contribution in [1.82, 2.24) is 0 Å². The molecule has 0 atom stereocenters. The van der Waals surface area contributed by atoms with Crippen LogP contribution >= 0.6 is 0 Å². The molecule has 0 bridgehead atoms. The van der Waals surface area contributed by atoms with Gasteiger partial charge in [-0.15, -0.1) is 0 Å². The van der Waals surface area contributed by atoms with Gasteiger partial charge in [-0.25, -0.2) is 9.98 Å². The smallest absolute Gasteiger partial charge is 0.160 e. The van der Waals surface area contributed by atoms with E-state index >= 15 is 0 Å². The predicted octanol–water partition coefficient (Wildman–Crippen LogP) is 13.4. The average molecular weight is 677 g/mol. The molecule has 1 aliphatic rings. The number of hydrogen-bond donors (Lipinski definition) is 0. The second kappa shape index (κ2) is 13.7. The molecule has 0 aliphatic heterocycles. The Morgan fingerprint density at radius 2 is 0.868 bits per heavy atom. The van der Waals surface area contributed by atoms with Crippen molar-refractivity contribution in [3.63, 3.8) is 0 Å². The van der Waals surface area contributed by atoms with E-state index in [4.69, 9.17) is 9.98 Å². The zero-order chi connectivity index (χ0) is 35.7. The molecule has 8 aromatic rings. The minimum absolute atomic E-state index is 0.618. The van der Waals surface area contributed by atoms with Gasteiger partial charge in [0, 0.05) is 11.3 Å². The van der Waals surface area contributed by atoms with E-state index in [1.54, 1.807) is 0 Å². The third-order valence-electron chi connectivity index (χ3n) is 10.2. The summed E-state index contributed by atoms with van der Waals surface area (Å²) < 4.78 is 0. The number of fused-ring (bicyclic) bond motifs is 3. The number of amidine groups is 1. The Hall–Kier alpha value is -6.90. The van der Waals surface area contributed by atoms with Crippen molar-refractivity contribution in [2.75, 3.05) is 0 Å². The molecule has 8 aromatic carbocycles. The summed E-state index contributed by atoms with van der Waals surface area (Å²) in [5, 5.41) is 2.55. The van der Waals surface area contributed by atoms with Crippen LogP contribution in [0.3, 0.4) is 0 Å². The number of benzene rings is 8. The molecular formula is C51H36N2. The third kappa shape index (κ3) is 6.11. The number of hydrogen-bond acceptors (Lipinski definition) is 1. The summed E-state index contributed by atoms with van der Waals surface area (Å²) in [5.74, 6) is 0.618. The fourth-order valence-electron chi connectivity index (χ4n) is 7.48. The summed E-state index contributed by atoms with van der Waals surface area (Å²) in [4.78, 5) is 10.4. The van der Waals surface area contributed by atoms with Gasteiger partial charge in [0.05, 0.1) is 5.70 Å². The van der Waals surface area contributed by atoms with E-state index < -0.39 is 0 Å². The molecular weight excluding hydrogens is 641 g/mol. The van der Waals surface area contributed by atoms with Gasteiger partial charge in [0.25, 0.3) is 0 Å². The van der Waals surface area contributed by atoms with Gasteiger partial charge < -0.3 is 0 Å². The fraction of sp³-hybridized carbons (Fsp3) is 0.0196. The van der Waals surface area contributed by atoms with Gasteiger partial charge in [0.1, 0.15) is 0 Å². The first-order valence-electron chi connectivity index (χ1n) is 18.0. The van der Waals surface area contributed by atoms with Crippen LogP contribution in [0.4, 0.5) is 0 Å². The summed E-state index contributed by atoms with van der Waals surface area (Å²) in [6, 6.07) is 66.4. The van der Waals surface area contributed by atoms with Crippen LogP contribution in [0.15, 0.2) is 205 Å². The van der Waals surface area contributed by atoms with Gasteiger partial charge in [-0.2, -0.15) is 0 Å². The van der Waals surface area contributed by atoms with E-state index in [2.05, 4.69) is 189 Å². The van der Waals surface area contributed by atoms with E-state index in [1.165, 1.54) is 55.3 Å². The molecule has 9 rings (SSSR count). The number of aliphatic imine (C=N–C) groups is 2. The zero-order valence-electron chi connectivity index (χ0n) is 29.5. The van der Waals surface area contributed by atoms with E-state index in [0.29, 0.717) is 11.5 Å². The molecule has 0 radical (unpaired) electrons. The number of nitrogens with zero attached hydrogens (tertiary/aromatic N) is 2. The van der Waals surface area contributed by atoms with Crippen molar-refractivity contribution in [3.05, 3.63) is 211 Å². The fourth-order valence-corrected chi connectivity index (χ4v) is 7.48. The van der Waals surface area contributed by atoms with Crippen LogP contribution in [0.1, 0.15) is 23.6 Å².